The molecule has 0 spiro atoms. The highest BCUT2D eigenvalue weighted by Gasteiger charge is 2.52. The fraction of sp³-hybridized carbons (Fsp3) is 0.444. The van der Waals surface area contributed by atoms with E-state index in [4.69, 9.17) is 14.2 Å². The van der Waals surface area contributed by atoms with Gasteiger partial charge in [-0.1, -0.05) is 19.6 Å². The van der Waals surface area contributed by atoms with Crippen molar-refractivity contribution in [1.82, 2.24) is 14.5 Å². The van der Waals surface area contributed by atoms with Gasteiger partial charge in [0.2, 0.25) is 0 Å². The van der Waals surface area contributed by atoms with E-state index < -0.39 is 25.4 Å². The van der Waals surface area contributed by atoms with Gasteiger partial charge in [-0.25, -0.2) is 4.98 Å². The Morgan fingerprint density at radius 3 is 2.32 bits per heavy atom. The van der Waals surface area contributed by atoms with Crippen LogP contribution in [0.1, 0.15) is 18.5 Å². The number of esters is 1. The van der Waals surface area contributed by atoms with E-state index in [0.717, 1.165) is 30.6 Å². The monoisotopic (exact) mass is 547 g/mol. The molecule has 1 saturated carbocycles. The SMILES string of the molecule is COC(=O)C1(COc2ccc(-c3ccc(-c4nc(C(F)(F)F)cn4COCC[Si](C)(C)C)cn3)cc2)CC1. The fourth-order valence-electron chi connectivity index (χ4n) is 3.84. The zero-order valence-electron chi connectivity index (χ0n) is 22.0. The molecule has 0 saturated heterocycles. The number of pyridine rings is 1. The van der Waals surface area contributed by atoms with Crippen LogP contribution in [0.3, 0.4) is 0 Å². The van der Waals surface area contributed by atoms with Gasteiger partial charge in [0, 0.05) is 38.2 Å². The number of carbonyl (C=O) groups is 1. The molecule has 4 rings (SSSR count). The smallest absolute Gasteiger partial charge is 0.434 e. The minimum atomic E-state index is -4.56. The second kappa shape index (κ2) is 10.9. The van der Waals surface area contributed by atoms with Crippen LogP contribution in [0.5, 0.6) is 5.75 Å². The lowest BCUT2D eigenvalue weighted by molar-refractivity contribution is -0.148. The van der Waals surface area contributed by atoms with Crippen LogP contribution in [0.25, 0.3) is 22.6 Å². The zero-order valence-corrected chi connectivity index (χ0v) is 23.0. The van der Waals surface area contributed by atoms with Crippen molar-refractivity contribution in [2.45, 2.75) is 51.4 Å². The number of ether oxygens (including phenoxy) is 3. The minimum Gasteiger partial charge on any atom is -0.492 e. The highest BCUT2D eigenvalue weighted by Crippen LogP contribution is 2.47. The molecule has 0 radical (unpaired) electrons. The van der Waals surface area contributed by atoms with E-state index in [1.165, 1.54) is 17.9 Å². The number of hydrogen-bond acceptors (Lipinski definition) is 6. The Kier molecular flexibility index (Phi) is 7.98. The van der Waals surface area contributed by atoms with Crippen LogP contribution in [0.2, 0.25) is 25.7 Å². The molecule has 0 bridgehead atoms. The van der Waals surface area contributed by atoms with Crippen LogP contribution in [-0.4, -0.2) is 48.9 Å². The summed E-state index contributed by atoms with van der Waals surface area (Å²) >= 11 is 0. The molecule has 1 aromatic carbocycles. The maximum atomic E-state index is 13.4. The molecule has 1 fully saturated rings. The first-order chi connectivity index (χ1) is 17.9. The summed E-state index contributed by atoms with van der Waals surface area (Å²) in [6.07, 6.45) is -0.579. The molecule has 0 amide bonds. The summed E-state index contributed by atoms with van der Waals surface area (Å²) in [6.45, 7) is 7.36. The van der Waals surface area contributed by atoms with Gasteiger partial charge in [-0.15, -0.1) is 0 Å². The third-order valence-electron chi connectivity index (χ3n) is 6.45. The molecule has 7 nitrogen and oxygen atoms in total. The Bertz CT molecular complexity index is 1250. The predicted molar refractivity (Wildman–Crippen MR) is 139 cm³/mol. The number of hydrogen-bond donors (Lipinski definition) is 0. The number of halogens is 3. The Balaban J connectivity index is 1.45. The van der Waals surface area contributed by atoms with Gasteiger partial charge in [-0.3, -0.25) is 9.78 Å². The van der Waals surface area contributed by atoms with Crippen LogP contribution < -0.4 is 4.74 Å². The molecule has 2 aromatic heterocycles. The average Bonchev–Trinajstić information content (AvgIpc) is 3.54. The third-order valence-corrected chi connectivity index (χ3v) is 8.16. The molecule has 1 aliphatic carbocycles. The number of imidazole rings is 1. The summed E-state index contributed by atoms with van der Waals surface area (Å²) in [7, 11) is 0.0533. The Labute approximate surface area is 221 Å². The first-order valence-electron chi connectivity index (χ1n) is 12.4. The number of rotatable bonds is 11. The summed E-state index contributed by atoms with van der Waals surface area (Å²) in [6, 6.07) is 11.6. The summed E-state index contributed by atoms with van der Waals surface area (Å²) in [5, 5.41) is 0. The molecule has 11 heteroatoms. The van der Waals surface area contributed by atoms with E-state index in [1.807, 2.05) is 12.1 Å². The largest absolute Gasteiger partial charge is 0.492 e. The topological polar surface area (TPSA) is 75.5 Å². The zero-order chi connectivity index (χ0) is 27.6. The van der Waals surface area contributed by atoms with Crippen LogP contribution >= 0.6 is 0 Å². The van der Waals surface area contributed by atoms with Gasteiger partial charge in [0.1, 0.15) is 30.3 Å². The number of nitrogens with zero attached hydrogens (tertiary/aromatic N) is 3. The van der Waals surface area contributed by atoms with Gasteiger partial charge in [-0.2, -0.15) is 13.2 Å². The maximum Gasteiger partial charge on any atom is 0.434 e. The summed E-state index contributed by atoms with van der Waals surface area (Å²) in [4.78, 5) is 20.2. The molecule has 0 aliphatic heterocycles. The second-order valence-electron chi connectivity index (χ2n) is 10.8. The van der Waals surface area contributed by atoms with Crippen molar-refractivity contribution in [3.8, 4) is 28.4 Å². The molecular weight excluding hydrogens is 515 g/mol. The molecule has 0 atom stereocenters. The van der Waals surface area contributed by atoms with Crippen molar-refractivity contribution in [3.05, 3.63) is 54.5 Å². The van der Waals surface area contributed by atoms with E-state index in [2.05, 4.69) is 29.6 Å². The second-order valence-corrected chi connectivity index (χ2v) is 16.4. The molecule has 38 heavy (non-hydrogen) atoms. The van der Waals surface area contributed by atoms with Crippen LogP contribution in [0.15, 0.2) is 48.8 Å². The van der Waals surface area contributed by atoms with E-state index in [9.17, 15) is 18.0 Å². The van der Waals surface area contributed by atoms with Crippen molar-refractivity contribution in [3.63, 3.8) is 0 Å². The average molecular weight is 548 g/mol. The maximum absolute atomic E-state index is 13.4. The van der Waals surface area contributed by atoms with Crippen LogP contribution in [0.4, 0.5) is 13.2 Å². The van der Waals surface area contributed by atoms with Crippen molar-refractivity contribution in [1.29, 1.82) is 0 Å². The first kappa shape index (κ1) is 27.8. The first-order valence-corrected chi connectivity index (χ1v) is 16.1. The standard InChI is InChI=1S/C27H32F3N3O4Si/c1-35-25(34)26(11-12-26)17-37-21-8-5-19(6-9-21)22-10-7-20(15-31-22)24-32-23(27(28,29)30)16-33(24)18-36-13-14-38(2,3)4/h5-10,15-16H,11-14,17-18H2,1-4H3. The van der Waals surface area contributed by atoms with E-state index in [1.54, 1.807) is 24.3 Å². The quantitative estimate of drug-likeness (QED) is 0.160. The fourth-order valence-corrected chi connectivity index (χ4v) is 4.59. The molecular formula is C27H32F3N3O4Si. The Morgan fingerprint density at radius 2 is 1.76 bits per heavy atom. The number of benzene rings is 1. The van der Waals surface area contributed by atoms with Crippen molar-refractivity contribution >= 4 is 14.0 Å². The molecule has 2 heterocycles. The molecule has 0 unspecified atom stereocenters. The number of carbonyl (C=O) groups excluding carboxylic acids is 1. The van der Waals surface area contributed by atoms with Gasteiger partial charge in [0.25, 0.3) is 0 Å². The van der Waals surface area contributed by atoms with Crippen LogP contribution in [-0.2, 0) is 27.2 Å². The number of methoxy groups -OCH3 is 1. The van der Waals surface area contributed by atoms with Crippen molar-refractivity contribution in [2.75, 3.05) is 20.3 Å². The lowest BCUT2D eigenvalue weighted by atomic mass is 10.1. The van der Waals surface area contributed by atoms with Gasteiger partial charge in [0.15, 0.2) is 5.69 Å². The predicted octanol–water partition coefficient (Wildman–Crippen LogP) is 6.28. The van der Waals surface area contributed by atoms with Crippen molar-refractivity contribution < 1.29 is 32.2 Å². The Morgan fingerprint density at radius 1 is 1.08 bits per heavy atom. The van der Waals surface area contributed by atoms with Gasteiger partial charge in [0.05, 0.1) is 12.8 Å². The highest BCUT2D eigenvalue weighted by atomic mass is 28.3. The minimum absolute atomic E-state index is 0.0244. The Hall–Kier alpha value is -3.18. The summed E-state index contributed by atoms with van der Waals surface area (Å²) < 4.78 is 57.8. The summed E-state index contributed by atoms with van der Waals surface area (Å²) in [5.41, 5.74) is 0.403. The number of alkyl halides is 3. The molecule has 3 aromatic rings. The third kappa shape index (κ3) is 6.82. The van der Waals surface area contributed by atoms with Gasteiger partial charge < -0.3 is 18.8 Å². The lowest BCUT2D eigenvalue weighted by Gasteiger charge is -2.16. The lowest BCUT2D eigenvalue weighted by Crippen LogP contribution is -2.24. The highest BCUT2D eigenvalue weighted by molar-refractivity contribution is 6.76. The summed E-state index contributed by atoms with van der Waals surface area (Å²) in [5.74, 6) is 0.517. The van der Waals surface area contributed by atoms with E-state index in [-0.39, 0.29) is 25.1 Å². The van der Waals surface area contributed by atoms with E-state index in [0.29, 0.717) is 23.6 Å². The van der Waals surface area contributed by atoms with Gasteiger partial charge in [-0.05, 0) is 55.3 Å². The van der Waals surface area contributed by atoms with Crippen molar-refractivity contribution in [2.24, 2.45) is 5.41 Å². The molecule has 204 valence electrons. The number of aromatic nitrogens is 3. The molecule has 0 N–H and O–H groups in total. The van der Waals surface area contributed by atoms with Gasteiger partial charge >= 0.3 is 12.1 Å². The molecule has 1 aliphatic rings. The van der Waals surface area contributed by atoms with Crippen LogP contribution in [0, 0.1) is 5.41 Å². The normalized spacial score (nSPS) is 14.8. The van der Waals surface area contributed by atoms with E-state index >= 15 is 0 Å².